The molecule has 1 heterocycles. The zero-order valence-corrected chi connectivity index (χ0v) is 14.3. The number of hydrogen-bond acceptors (Lipinski definition) is 3. The van der Waals surface area contributed by atoms with Crippen LogP contribution in [0, 0.1) is 0 Å². The van der Waals surface area contributed by atoms with Crippen LogP contribution in [0.4, 0.5) is 0 Å². The molecule has 21 heavy (non-hydrogen) atoms. The van der Waals surface area contributed by atoms with Crippen molar-refractivity contribution in [2.24, 2.45) is 0 Å². The molecule has 3 rings (SSSR count). The minimum atomic E-state index is 0.722. The zero-order valence-electron chi connectivity index (χ0n) is 11.1. The lowest BCUT2D eigenvalue weighted by molar-refractivity contribution is 0.413. The fraction of sp³-hybridized carbons (Fsp3) is 0.0625. The second-order valence-corrected chi connectivity index (χ2v) is 6.26. The van der Waals surface area contributed by atoms with E-state index in [9.17, 15) is 0 Å². The Kier molecular flexibility index (Phi) is 4.12. The maximum absolute atomic E-state index is 5.45. The number of rotatable bonds is 3. The second kappa shape index (κ2) is 6.03. The van der Waals surface area contributed by atoms with Gasteiger partial charge in [-0.25, -0.2) is 0 Å². The van der Waals surface area contributed by atoms with Gasteiger partial charge in [0.1, 0.15) is 11.4 Å². The summed E-state index contributed by atoms with van der Waals surface area (Å²) in [6.07, 6.45) is 0. The first-order valence-corrected chi connectivity index (χ1v) is 7.82. The summed E-state index contributed by atoms with van der Waals surface area (Å²) < 4.78 is 12.8. The van der Waals surface area contributed by atoms with Crippen LogP contribution in [0.25, 0.3) is 22.6 Å². The molecule has 0 saturated heterocycles. The fourth-order valence-corrected chi connectivity index (χ4v) is 2.66. The van der Waals surface area contributed by atoms with E-state index in [1.54, 1.807) is 7.11 Å². The lowest BCUT2D eigenvalue weighted by atomic mass is 10.1. The third-order valence-electron chi connectivity index (χ3n) is 3.08. The van der Waals surface area contributed by atoms with E-state index in [0.717, 1.165) is 37.3 Å². The van der Waals surface area contributed by atoms with Gasteiger partial charge in [0.25, 0.3) is 0 Å². The highest BCUT2D eigenvalue weighted by molar-refractivity contribution is 9.10. The van der Waals surface area contributed by atoms with Gasteiger partial charge in [-0.3, -0.25) is 0 Å². The predicted octanol–water partition coefficient (Wildman–Crippen LogP) is 5.54. The van der Waals surface area contributed by atoms with Gasteiger partial charge in [0.05, 0.1) is 7.11 Å². The van der Waals surface area contributed by atoms with Crippen molar-refractivity contribution in [3.63, 3.8) is 0 Å². The van der Waals surface area contributed by atoms with Crippen LogP contribution >= 0.6 is 31.9 Å². The molecule has 3 nitrogen and oxygen atoms in total. The van der Waals surface area contributed by atoms with E-state index in [0.29, 0.717) is 0 Å². The molecule has 2 aromatic carbocycles. The molecule has 0 N–H and O–H groups in total. The lowest BCUT2D eigenvalue weighted by Crippen LogP contribution is -1.87. The molecular weight excluding hydrogens is 398 g/mol. The number of halogens is 2. The van der Waals surface area contributed by atoms with Gasteiger partial charge in [0.2, 0.25) is 0 Å². The first-order chi connectivity index (χ1) is 10.2. The van der Waals surface area contributed by atoms with Crippen molar-refractivity contribution in [3.05, 3.63) is 57.5 Å². The SMILES string of the molecule is COc1ccc(Br)cc1-c1cc(-c2ccc(Br)cc2)on1. The van der Waals surface area contributed by atoms with Crippen molar-refractivity contribution in [3.8, 4) is 28.3 Å². The van der Waals surface area contributed by atoms with E-state index in [1.165, 1.54) is 0 Å². The van der Waals surface area contributed by atoms with Gasteiger partial charge in [0.15, 0.2) is 5.76 Å². The monoisotopic (exact) mass is 407 g/mol. The summed E-state index contributed by atoms with van der Waals surface area (Å²) in [5.74, 6) is 1.48. The summed E-state index contributed by atoms with van der Waals surface area (Å²) in [6.45, 7) is 0. The number of benzene rings is 2. The summed E-state index contributed by atoms with van der Waals surface area (Å²) in [5, 5.41) is 4.15. The van der Waals surface area contributed by atoms with Crippen molar-refractivity contribution >= 4 is 31.9 Å². The Labute approximate surface area is 139 Å². The van der Waals surface area contributed by atoms with Crippen molar-refractivity contribution in [2.45, 2.75) is 0 Å². The second-order valence-electron chi connectivity index (χ2n) is 4.43. The number of nitrogens with zero attached hydrogens (tertiary/aromatic N) is 1. The van der Waals surface area contributed by atoms with E-state index in [-0.39, 0.29) is 0 Å². The van der Waals surface area contributed by atoms with Crippen molar-refractivity contribution in [1.82, 2.24) is 5.16 Å². The van der Waals surface area contributed by atoms with Crippen LogP contribution < -0.4 is 4.74 Å². The predicted molar refractivity (Wildman–Crippen MR) is 89.3 cm³/mol. The number of hydrogen-bond donors (Lipinski definition) is 0. The lowest BCUT2D eigenvalue weighted by Gasteiger charge is -2.05. The molecule has 0 bridgehead atoms. The first-order valence-electron chi connectivity index (χ1n) is 6.24. The van der Waals surface area contributed by atoms with Gasteiger partial charge >= 0.3 is 0 Å². The highest BCUT2D eigenvalue weighted by atomic mass is 79.9. The van der Waals surface area contributed by atoms with E-state index in [4.69, 9.17) is 9.26 Å². The Hall–Kier alpha value is -1.59. The summed E-state index contributed by atoms with van der Waals surface area (Å²) in [4.78, 5) is 0. The maximum Gasteiger partial charge on any atom is 0.167 e. The molecule has 0 saturated carbocycles. The number of aromatic nitrogens is 1. The smallest absolute Gasteiger partial charge is 0.167 e. The Morgan fingerprint density at radius 1 is 0.952 bits per heavy atom. The molecule has 0 spiro atoms. The molecule has 0 aliphatic rings. The van der Waals surface area contributed by atoms with Gasteiger partial charge in [-0.2, -0.15) is 0 Å². The standard InChI is InChI=1S/C16H11Br2NO2/c1-20-15-7-6-12(18)8-13(15)14-9-16(21-19-14)10-2-4-11(17)5-3-10/h2-9H,1H3. The Bertz CT molecular complexity index is 766. The summed E-state index contributed by atoms with van der Waals surface area (Å²) >= 11 is 6.88. The fourth-order valence-electron chi connectivity index (χ4n) is 2.03. The third-order valence-corrected chi connectivity index (χ3v) is 4.10. The summed E-state index contributed by atoms with van der Waals surface area (Å²) in [7, 11) is 1.64. The quantitative estimate of drug-likeness (QED) is 0.570. The molecule has 0 amide bonds. The van der Waals surface area contributed by atoms with Crippen molar-refractivity contribution in [1.29, 1.82) is 0 Å². The van der Waals surface area contributed by atoms with Gasteiger partial charge < -0.3 is 9.26 Å². The molecule has 0 fully saturated rings. The minimum absolute atomic E-state index is 0.722. The molecule has 0 aliphatic carbocycles. The molecule has 5 heteroatoms. The van der Waals surface area contributed by atoms with Crippen LogP contribution in [0.15, 0.2) is 62.0 Å². The van der Waals surface area contributed by atoms with E-state index in [2.05, 4.69) is 37.0 Å². The molecule has 3 aromatic rings. The zero-order chi connectivity index (χ0) is 14.8. The van der Waals surface area contributed by atoms with Gasteiger partial charge in [-0.15, -0.1) is 0 Å². The molecule has 0 atom stereocenters. The van der Waals surface area contributed by atoms with Gasteiger partial charge in [-0.1, -0.05) is 49.1 Å². The average molecular weight is 409 g/mol. The Morgan fingerprint density at radius 3 is 2.38 bits per heavy atom. The van der Waals surface area contributed by atoms with Crippen LogP contribution in [0.1, 0.15) is 0 Å². The number of methoxy groups -OCH3 is 1. The van der Waals surface area contributed by atoms with Crippen LogP contribution in [0.5, 0.6) is 5.75 Å². The molecule has 0 aliphatic heterocycles. The van der Waals surface area contributed by atoms with Crippen LogP contribution in [-0.4, -0.2) is 12.3 Å². The van der Waals surface area contributed by atoms with Crippen LogP contribution in [-0.2, 0) is 0 Å². The third kappa shape index (κ3) is 3.04. The highest BCUT2D eigenvalue weighted by Crippen LogP contribution is 2.34. The van der Waals surface area contributed by atoms with E-state index in [1.807, 2.05) is 48.5 Å². The van der Waals surface area contributed by atoms with Crippen molar-refractivity contribution in [2.75, 3.05) is 7.11 Å². The first kappa shape index (κ1) is 14.4. The molecular formula is C16H11Br2NO2. The Balaban J connectivity index is 2.02. The molecule has 1 aromatic heterocycles. The van der Waals surface area contributed by atoms with Crippen molar-refractivity contribution < 1.29 is 9.26 Å². The van der Waals surface area contributed by atoms with Crippen LogP contribution in [0.3, 0.4) is 0 Å². The maximum atomic E-state index is 5.45. The normalized spacial score (nSPS) is 10.6. The van der Waals surface area contributed by atoms with E-state index < -0.39 is 0 Å². The van der Waals surface area contributed by atoms with Gasteiger partial charge in [-0.05, 0) is 30.3 Å². The largest absolute Gasteiger partial charge is 0.496 e. The number of ether oxygens (including phenoxy) is 1. The molecule has 0 unspecified atom stereocenters. The minimum Gasteiger partial charge on any atom is -0.496 e. The molecule has 0 radical (unpaired) electrons. The van der Waals surface area contributed by atoms with Gasteiger partial charge in [0, 0.05) is 26.1 Å². The van der Waals surface area contributed by atoms with E-state index >= 15 is 0 Å². The summed E-state index contributed by atoms with van der Waals surface area (Å²) in [5.41, 5.74) is 2.61. The topological polar surface area (TPSA) is 35.3 Å². The average Bonchev–Trinajstić information content (AvgIpc) is 2.97. The van der Waals surface area contributed by atoms with Crippen LogP contribution in [0.2, 0.25) is 0 Å². The summed E-state index contributed by atoms with van der Waals surface area (Å²) in [6, 6.07) is 15.6. The molecule has 106 valence electrons. The Morgan fingerprint density at radius 2 is 1.67 bits per heavy atom. The highest BCUT2D eigenvalue weighted by Gasteiger charge is 2.13.